The highest BCUT2D eigenvalue weighted by Crippen LogP contribution is 2.34. The number of thiocarbonyl (C=S) groups is 1. The molecule has 142 valence electrons. The Hall–Kier alpha value is -1.54. The van der Waals surface area contributed by atoms with E-state index < -0.39 is 6.04 Å². The molecular weight excluding hydrogens is 370 g/mol. The van der Waals surface area contributed by atoms with Gasteiger partial charge in [0.2, 0.25) is 0 Å². The molecule has 1 aromatic rings. The molecule has 8 heteroatoms. The summed E-state index contributed by atoms with van der Waals surface area (Å²) < 4.78 is 6.81. The Labute approximate surface area is 163 Å². The summed E-state index contributed by atoms with van der Waals surface area (Å²) in [6, 6.07) is 5.08. The lowest BCUT2D eigenvalue weighted by atomic mass is 9.83. The van der Waals surface area contributed by atoms with E-state index in [1.54, 1.807) is 17.8 Å². The number of hydrogen-bond donors (Lipinski definition) is 1. The fourth-order valence-corrected chi connectivity index (χ4v) is 4.69. The number of methoxy groups -OCH3 is 1. The molecule has 3 atom stereocenters. The van der Waals surface area contributed by atoms with E-state index >= 15 is 0 Å². The van der Waals surface area contributed by atoms with Crippen molar-refractivity contribution in [3.05, 3.63) is 34.2 Å². The number of nitrogens with zero attached hydrogens (tertiary/aromatic N) is 2. The highest BCUT2D eigenvalue weighted by atomic mass is 32.2. The minimum Gasteiger partial charge on any atom is -0.467 e. The Balaban J connectivity index is 1.70. The maximum atomic E-state index is 12.1. The van der Waals surface area contributed by atoms with Crippen LogP contribution in [-0.2, 0) is 16.1 Å². The van der Waals surface area contributed by atoms with Gasteiger partial charge in [0, 0.05) is 37.3 Å². The zero-order valence-corrected chi connectivity index (χ0v) is 16.8. The number of rotatable bonds is 5. The number of nitrogens with one attached hydrogen (secondary N) is 1. The van der Waals surface area contributed by atoms with E-state index in [1.165, 1.54) is 7.11 Å². The van der Waals surface area contributed by atoms with Crippen LogP contribution in [0.1, 0.15) is 24.5 Å². The molecule has 1 fully saturated rings. The van der Waals surface area contributed by atoms with Gasteiger partial charge >= 0.3 is 5.97 Å². The van der Waals surface area contributed by atoms with Crippen LogP contribution >= 0.6 is 24.0 Å². The van der Waals surface area contributed by atoms with Crippen LogP contribution in [-0.4, -0.2) is 58.8 Å². The lowest BCUT2D eigenvalue weighted by molar-refractivity contribution is -0.142. The number of carbonyl (C=O) groups excluding carboxylic acids is 1. The molecule has 0 spiro atoms. The Morgan fingerprint density at radius 1 is 1.42 bits per heavy atom. The van der Waals surface area contributed by atoms with Crippen molar-refractivity contribution in [1.82, 2.24) is 14.8 Å². The fourth-order valence-electron chi connectivity index (χ4n) is 3.93. The zero-order valence-electron chi connectivity index (χ0n) is 15.1. The molecule has 2 bridgehead atoms. The van der Waals surface area contributed by atoms with Gasteiger partial charge in [-0.3, -0.25) is 4.79 Å². The first kappa shape index (κ1) is 19.2. The van der Waals surface area contributed by atoms with Crippen molar-refractivity contribution in [2.24, 2.45) is 5.92 Å². The average molecular weight is 396 g/mol. The molecule has 0 saturated carbocycles. The van der Waals surface area contributed by atoms with Gasteiger partial charge in [0.05, 0.1) is 7.11 Å². The van der Waals surface area contributed by atoms with Crippen molar-refractivity contribution in [1.29, 1.82) is 0 Å². The van der Waals surface area contributed by atoms with Gasteiger partial charge in [-0.25, -0.2) is 4.79 Å². The number of thioether (sulfide) groups is 1. The molecule has 3 heterocycles. The molecular formula is C18H25N3O3S2. The smallest absolute Gasteiger partial charge is 0.328 e. The maximum Gasteiger partial charge on any atom is 0.328 e. The Kier molecular flexibility index (Phi) is 6.24. The second-order valence-electron chi connectivity index (χ2n) is 6.91. The fraction of sp³-hybridized carbons (Fsp3) is 0.611. The Bertz CT molecular complexity index is 737. The van der Waals surface area contributed by atoms with Crippen LogP contribution in [0.15, 0.2) is 23.0 Å². The van der Waals surface area contributed by atoms with Crippen molar-refractivity contribution in [2.45, 2.75) is 31.3 Å². The first-order valence-corrected chi connectivity index (χ1v) is 10.7. The summed E-state index contributed by atoms with van der Waals surface area (Å²) in [6.45, 7) is 2.30. The molecule has 6 nitrogen and oxygen atoms in total. The first-order chi connectivity index (χ1) is 12.5. The van der Waals surface area contributed by atoms with Gasteiger partial charge in [-0.05, 0) is 49.1 Å². The van der Waals surface area contributed by atoms with Gasteiger partial charge in [-0.2, -0.15) is 11.8 Å². The standard InChI is InChI=1S/C18H25N3O3S2/c1-24-17(23)14(6-7-26-2)19-18(25)20-9-12-8-13(11-20)15-4-3-5-16(22)21(15)10-12/h3-5,12-14H,6-11H2,1-2H3,(H,19,25)/t12?,13?,14-/m0/s1. The molecule has 0 aromatic carbocycles. The van der Waals surface area contributed by atoms with Gasteiger partial charge in [0.1, 0.15) is 6.04 Å². The van der Waals surface area contributed by atoms with Crippen LogP contribution < -0.4 is 10.9 Å². The molecule has 2 aliphatic rings. The number of carbonyl (C=O) groups is 1. The highest BCUT2D eigenvalue weighted by molar-refractivity contribution is 7.98. The number of aromatic nitrogens is 1. The summed E-state index contributed by atoms with van der Waals surface area (Å²) in [5.41, 5.74) is 1.17. The van der Waals surface area contributed by atoms with Crippen molar-refractivity contribution >= 4 is 35.1 Å². The van der Waals surface area contributed by atoms with E-state index in [0.717, 1.165) is 37.5 Å². The molecule has 0 amide bonds. The average Bonchev–Trinajstić information content (AvgIpc) is 2.65. The quantitative estimate of drug-likeness (QED) is 0.598. The minimum absolute atomic E-state index is 0.0779. The van der Waals surface area contributed by atoms with Gasteiger partial charge in [0.15, 0.2) is 5.11 Å². The van der Waals surface area contributed by atoms with Crippen LogP contribution in [0.5, 0.6) is 0 Å². The molecule has 2 unspecified atom stereocenters. The van der Waals surface area contributed by atoms with Crippen LogP contribution in [0.4, 0.5) is 0 Å². The highest BCUT2D eigenvalue weighted by Gasteiger charge is 2.36. The van der Waals surface area contributed by atoms with Crippen LogP contribution in [0, 0.1) is 5.92 Å². The molecule has 0 aliphatic carbocycles. The lowest BCUT2D eigenvalue weighted by Gasteiger charge is -2.44. The monoisotopic (exact) mass is 395 g/mol. The zero-order chi connectivity index (χ0) is 18.7. The number of likely N-dealkylation sites (tertiary alicyclic amines) is 1. The van der Waals surface area contributed by atoms with E-state index in [9.17, 15) is 9.59 Å². The minimum atomic E-state index is -0.420. The van der Waals surface area contributed by atoms with Crippen LogP contribution in [0.2, 0.25) is 0 Å². The summed E-state index contributed by atoms with van der Waals surface area (Å²) in [5, 5.41) is 3.80. The molecule has 1 aromatic heterocycles. The SMILES string of the molecule is COC(=O)[C@H](CCSC)NC(=S)N1CC2CC(C1)c1cccc(=O)n1C2. The number of ether oxygens (including phenoxy) is 1. The van der Waals surface area contributed by atoms with Crippen molar-refractivity contribution < 1.29 is 9.53 Å². The van der Waals surface area contributed by atoms with Crippen molar-refractivity contribution in [3.8, 4) is 0 Å². The van der Waals surface area contributed by atoms with E-state index in [0.29, 0.717) is 23.4 Å². The lowest BCUT2D eigenvalue weighted by Crippen LogP contribution is -2.54. The van der Waals surface area contributed by atoms with Gasteiger partial charge < -0.3 is 19.5 Å². The van der Waals surface area contributed by atoms with Crippen LogP contribution in [0.3, 0.4) is 0 Å². The third kappa shape index (κ3) is 4.06. The second kappa shape index (κ2) is 8.43. The van der Waals surface area contributed by atoms with Gasteiger partial charge in [-0.15, -0.1) is 0 Å². The predicted octanol–water partition coefficient (Wildman–Crippen LogP) is 1.44. The number of pyridine rings is 1. The van der Waals surface area contributed by atoms with Crippen molar-refractivity contribution in [2.75, 3.05) is 32.2 Å². The van der Waals surface area contributed by atoms with Gasteiger partial charge in [0.25, 0.3) is 5.56 Å². The molecule has 26 heavy (non-hydrogen) atoms. The topological polar surface area (TPSA) is 63.6 Å². The second-order valence-corrected chi connectivity index (χ2v) is 8.28. The number of fused-ring (bicyclic) bond motifs is 4. The normalized spacial score (nSPS) is 22.3. The predicted molar refractivity (Wildman–Crippen MR) is 108 cm³/mol. The van der Waals surface area contributed by atoms with Crippen LogP contribution in [0.25, 0.3) is 0 Å². The molecule has 1 N–H and O–H groups in total. The summed E-state index contributed by atoms with van der Waals surface area (Å²) in [7, 11) is 1.40. The number of hydrogen-bond acceptors (Lipinski definition) is 5. The third-order valence-electron chi connectivity index (χ3n) is 5.16. The summed E-state index contributed by atoms with van der Waals surface area (Å²) in [5.74, 6) is 1.26. The summed E-state index contributed by atoms with van der Waals surface area (Å²) in [6.07, 6.45) is 3.76. The Morgan fingerprint density at radius 2 is 2.23 bits per heavy atom. The van der Waals surface area contributed by atoms with E-state index in [4.69, 9.17) is 17.0 Å². The number of esters is 1. The number of piperidine rings is 1. The van der Waals surface area contributed by atoms with E-state index in [-0.39, 0.29) is 11.5 Å². The third-order valence-corrected chi connectivity index (χ3v) is 6.18. The molecule has 3 rings (SSSR count). The molecule has 1 saturated heterocycles. The largest absolute Gasteiger partial charge is 0.467 e. The maximum absolute atomic E-state index is 12.1. The summed E-state index contributed by atoms with van der Waals surface area (Å²) in [4.78, 5) is 26.3. The first-order valence-electron chi connectivity index (χ1n) is 8.85. The van der Waals surface area contributed by atoms with E-state index in [1.807, 2.05) is 23.0 Å². The van der Waals surface area contributed by atoms with Gasteiger partial charge in [-0.1, -0.05) is 6.07 Å². The Morgan fingerprint density at radius 3 is 2.96 bits per heavy atom. The summed E-state index contributed by atoms with van der Waals surface area (Å²) >= 11 is 7.29. The molecule has 2 aliphatic heterocycles. The van der Waals surface area contributed by atoms with Crippen molar-refractivity contribution in [3.63, 3.8) is 0 Å². The van der Waals surface area contributed by atoms with E-state index in [2.05, 4.69) is 10.2 Å². The molecule has 0 radical (unpaired) electrons.